The van der Waals surface area contributed by atoms with E-state index in [1.807, 2.05) is 6.20 Å². The lowest BCUT2D eigenvalue weighted by Gasteiger charge is -2.30. The minimum absolute atomic E-state index is 0.502. The first-order chi connectivity index (χ1) is 8.99. The highest BCUT2D eigenvalue weighted by molar-refractivity contribution is 5.47. The van der Waals surface area contributed by atoms with Crippen molar-refractivity contribution in [2.75, 3.05) is 11.9 Å². The molecule has 1 aliphatic carbocycles. The van der Waals surface area contributed by atoms with Crippen LogP contribution in [0.2, 0.25) is 0 Å². The number of nitrogens with one attached hydrogen (secondary N) is 1. The summed E-state index contributed by atoms with van der Waals surface area (Å²) in [5.74, 6) is 1.73. The quantitative estimate of drug-likeness (QED) is 0.853. The minimum Gasteiger partial charge on any atom is -0.357 e. The Balaban J connectivity index is 2.04. The van der Waals surface area contributed by atoms with Gasteiger partial charge in [-0.3, -0.25) is 0 Å². The van der Waals surface area contributed by atoms with Gasteiger partial charge in [0.2, 0.25) is 0 Å². The van der Waals surface area contributed by atoms with Crippen molar-refractivity contribution in [2.45, 2.75) is 59.2 Å². The highest BCUT2D eigenvalue weighted by atomic mass is 15.2. The van der Waals surface area contributed by atoms with Crippen molar-refractivity contribution in [2.24, 2.45) is 5.92 Å². The molecule has 19 heavy (non-hydrogen) atoms. The van der Waals surface area contributed by atoms with E-state index in [1.54, 1.807) is 0 Å². The molecule has 0 aromatic carbocycles. The van der Waals surface area contributed by atoms with Crippen LogP contribution >= 0.6 is 0 Å². The summed E-state index contributed by atoms with van der Waals surface area (Å²) in [6, 6.07) is 3.52. The normalized spacial score (nSPS) is 16.7. The number of hydrogen-bond acceptors (Lipinski definition) is 3. The van der Waals surface area contributed by atoms with E-state index in [9.17, 15) is 0 Å². The van der Waals surface area contributed by atoms with Gasteiger partial charge in [-0.1, -0.05) is 13.8 Å². The first-order valence-electron chi connectivity index (χ1n) is 7.40. The number of hydrogen-bond donors (Lipinski definition) is 1. The van der Waals surface area contributed by atoms with Crippen LogP contribution in [0.15, 0.2) is 12.3 Å². The summed E-state index contributed by atoms with van der Waals surface area (Å²) < 4.78 is 0. The molecule has 1 heterocycles. The molecule has 1 N–H and O–H groups in total. The fourth-order valence-electron chi connectivity index (χ4n) is 2.28. The lowest BCUT2D eigenvalue weighted by Crippen LogP contribution is -2.34. The lowest BCUT2D eigenvalue weighted by atomic mass is 10.0. The zero-order chi connectivity index (χ0) is 14.0. The van der Waals surface area contributed by atoms with E-state index in [4.69, 9.17) is 0 Å². The number of aryl methyl sites for hydroxylation is 1. The maximum absolute atomic E-state index is 4.67. The molecular weight excluding hydrogens is 234 g/mol. The van der Waals surface area contributed by atoms with E-state index in [2.05, 4.69) is 56.0 Å². The van der Waals surface area contributed by atoms with Crippen LogP contribution in [0.3, 0.4) is 0 Å². The van der Waals surface area contributed by atoms with Crippen molar-refractivity contribution >= 4 is 5.82 Å². The van der Waals surface area contributed by atoms with Crippen LogP contribution in [-0.2, 0) is 6.54 Å². The van der Waals surface area contributed by atoms with Gasteiger partial charge in [-0.15, -0.1) is 0 Å². The van der Waals surface area contributed by atoms with Gasteiger partial charge < -0.3 is 10.2 Å². The monoisotopic (exact) mass is 261 g/mol. The Bertz CT molecular complexity index is 424. The second kappa shape index (κ2) is 5.91. The summed E-state index contributed by atoms with van der Waals surface area (Å²) in [4.78, 5) is 6.96. The summed E-state index contributed by atoms with van der Waals surface area (Å²) in [5.41, 5.74) is 2.56. The Kier molecular flexibility index (Phi) is 4.46. The molecular formula is C16H27N3. The fraction of sp³-hybridized carbons (Fsp3) is 0.688. The predicted molar refractivity (Wildman–Crippen MR) is 81.5 cm³/mol. The van der Waals surface area contributed by atoms with Crippen LogP contribution < -0.4 is 10.2 Å². The maximum Gasteiger partial charge on any atom is 0.131 e. The number of nitrogens with zero attached hydrogens (tertiary/aromatic N) is 2. The first kappa shape index (κ1) is 14.3. The summed E-state index contributed by atoms with van der Waals surface area (Å²) >= 11 is 0. The van der Waals surface area contributed by atoms with Gasteiger partial charge in [-0.05, 0) is 49.8 Å². The van der Waals surface area contributed by atoms with Crippen molar-refractivity contribution in [1.29, 1.82) is 0 Å². The third kappa shape index (κ3) is 3.69. The van der Waals surface area contributed by atoms with Crippen LogP contribution in [0.5, 0.6) is 0 Å². The molecule has 1 atom stereocenters. The smallest absolute Gasteiger partial charge is 0.131 e. The molecule has 3 nitrogen and oxygen atoms in total. The van der Waals surface area contributed by atoms with Crippen molar-refractivity contribution < 1.29 is 0 Å². The molecule has 1 fully saturated rings. The van der Waals surface area contributed by atoms with Gasteiger partial charge in [0.1, 0.15) is 5.82 Å². The highest BCUT2D eigenvalue weighted by Gasteiger charge is 2.20. The molecule has 2 rings (SSSR count). The number of rotatable bonds is 6. The number of pyridine rings is 1. The van der Waals surface area contributed by atoms with Crippen molar-refractivity contribution in [3.05, 3.63) is 23.4 Å². The van der Waals surface area contributed by atoms with Gasteiger partial charge >= 0.3 is 0 Å². The van der Waals surface area contributed by atoms with Gasteiger partial charge in [-0.2, -0.15) is 0 Å². The topological polar surface area (TPSA) is 28.2 Å². The first-order valence-corrected chi connectivity index (χ1v) is 7.40. The summed E-state index contributed by atoms with van der Waals surface area (Å²) in [6.07, 6.45) is 4.68. The molecule has 3 heteroatoms. The van der Waals surface area contributed by atoms with E-state index in [-0.39, 0.29) is 0 Å². The summed E-state index contributed by atoms with van der Waals surface area (Å²) in [5, 5.41) is 3.54. The molecule has 0 amide bonds. The van der Waals surface area contributed by atoms with Crippen LogP contribution in [0.25, 0.3) is 0 Å². The van der Waals surface area contributed by atoms with Crippen molar-refractivity contribution in [1.82, 2.24) is 10.3 Å². The molecule has 0 radical (unpaired) electrons. The second-order valence-electron chi connectivity index (χ2n) is 6.23. The Morgan fingerprint density at radius 1 is 1.37 bits per heavy atom. The van der Waals surface area contributed by atoms with E-state index >= 15 is 0 Å². The molecule has 1 aliphatic rings. The third-order valence-electron chi connectivity index (χ3n) is 4.19. The molecule has 1 saturated carbocycles. The summed E-state index contributed by atoms with van der Waals surface area (Å²) in [6.45, 7) is 9.87. The Hall–Kier alpha value is -1.09. The zero-order valence-electron chi connectivity index (χ0n) is 12.9. The zero-order valence-corrected chi connectivity index (χ0v) is 12.9. The van der Waals surface area contributed by atoms with Crippen LogP contribution in [0.1, 0.15) is 44.7 Å². The van der Waals surface area contributed by atoms with Gasteiger partial charge in [-0.25, -0.2) is 4.98 Å². The van der Waals surface area contributed by atoms with E-state index in [0.29, 0.717) is 12.0 Å². The van der Waals surface area contributed by atoms with Gasteiger partial charge in [0.05, 0.1) is 0 Å². The number of anilines is 1. The second-order valence-corrected chi connectivity index (χ2v) is 6.23. The fourth-order valence-corrected chi connectivity index (χ4v) is 2.28. The molecule has 0 bridgehead atoms. The van der Waals surface area contributed by atoms with Crippen molar-refractivity contribution in [3.8, 4) is 0 Å². The Labute approximate surface area is 117 Å². The maximum atomic E-state index is 4.67. The van der Waals surface area contributed by atoms with E-state index in [0.717, 1.165) is 18.4 Å². The average molecular weight is 261 g/mol. The van der Waals surface area contributed by atoms with Crippen molar-refractivity contribution in [3.63, 3.8) is 0 Å². The molecule has 0 saturated heterocycles. The molecule has 1 aromatic heterocycles. The Morgan fingerprint density at radius 2 is 2.05 bits per heavy atom. The van der Waals surface area contributed by atoms with Gasteiger partial charge in [0.25, 0.3) is 0 Å². The largest absolute Gasteiger partial charge is 0.357 e. The standard InChI is InChI=1S/C16H27N3/c1-11(2)13(4)19(5)16-12(3)8-14(10-18-16)9-17-15-6-7-15/h8,10-11,13,15,17H,6-7,9H2,1-5H3. The summed E-state index contributed by atoms with van der Waals surface area (Å²) in [7, 11) is 2.14. The van der Waals surface area contributed by atoms with E-state index in [1.165, 1.54) is 24.0 Å². The molecule has 0 spiro atoms. The Morgan fingerprint density at radius 3 is 2.58 bits per heavy atom. The van der Waals surface area contributed by atoms with Crippen LogP contribution in [0, 0.1) is 12.8 Å². The highest BCUT2D eigenvalue weighted by Crippen LogP contribution is 2.23. The third-order valence-corrected chi connectivity index (χ3v) is 4.19. The lowest BCUT2D eigenvalue weighted by molar-refractivity contribution is 0.502. The molecule has 1 aromatic rings. The van der Waals surface area contributed by atoms with Gasteiger partial charge in [0.15, 0.2) is 0 Å². The number of aromatic nitrogens is 1. The average Bonchev–Trinajstić information content (AvgIpc) is 3.18. The molecule has 0 aliphatic heterocycles. The van der Waals surface area contributed by atoms with Crippen LogP contribution in [-0.4, -0.2) is 24.1 Å². The van der Waals surface area contributed by atoms with Gasteiger partial charge in [0, 0.05) is 31.9 Å². The van der Waals surface area contributed by atoms with E-state index < -0.39 is 0 Å². The molecule has 1 unspecified atom stereocenters. The minimum atomic E-state index is 0.502. The predicted octanol–water partition coefficient (Wildman–Crippen LogP) is 3.12. The SMILES string of the molecule is Cc1cc(CNC2CC2)cnc1N(C)C(C)C(C)C. The molecule has 106 valence electrons. The van der Waals surface area contributed by atoms with Crippen LogP contribution in [0.4, 0.5) is 5.82 Å².